The Labute approximate surface area is 134 Å². The van der Waals surface area contributed by atoms with Gasteiger partial charge in [-0.05, 0) is 31.5 Å². The van der Waals surface area contributed by atoms with Gasteiger partial charge >= 0.3 is 0 Å². The third-order valence-corrected chi connectivity index (χ3v) is 4.12. The normalized spacial score (nSPS) is 16.4. The van der Waals surface area contributed by atoms with Crippen molar-refractivity contribution in [1.82, 2.24) is 5.32 Å². The smallest absolute Gasteiger partial charge is 0.227 e. The zero-order valence-electron chi connectivity index (χ0n) is 12.9. The highest BCUT2D eigenvalue weighted by atomic mass is 35.5. The number of carbonyl (C=O) groups is 1. The van der Waals surface area contributed by atoms with Crippen molar-refractivity contribution < 1.29 is 4.79 Å². The van der Waals surface area contributed by atoms with Gasteiger partial charge in [-0.1, -0.05) is 50.3 Å². The van der Waals surface area contributed by atoms with Crippen LogP contribution < -0.4 is 10.6 Å². The molecular formula is C17H27ClN2O. The van der Waals surface area contributed by atoms with Crippen molar-refractivity contribution in [2.24, 2.45) is 5.92 Å². The Morgan fingerprint density at radius 3 is 2.38 bits per heavy atom. The van der Waals surface area contributed by atoms with E-state index in [1.165, 1.54) is 32.1 Å². The van der Waals surface area contributed by atoms with Gasteiger partial charge in [0.2, 0.25) is 5.91 Å². The first-order chi connectivity index (χ1) is 9.81. The second kappa shape index (κ2) is 9.80. The number of anilines is 1. The zero-order chi connectivity index (χ0) is 14.2. The van der Waals surface area contributed by atoms with Crippen molar-refractivity contribution in [3.05, 3.63) is 29.8 Å². The van der Waals surface area contributed by atoms with E-state index in [4.69, 9.17) is 0 Å². The highest BCUT2D eigenvalue weighted by molar-refractivity contribution is 5.93. The summed E-state index contributed by atoms with van der Waals surface area (Å²) in [6.45, 7) is 0.779. The number of nitrogens with one attached hydrogen (secondary N) is 2. The number of benzene rings is 1. The predicted octanol–water partition coefficient (Wildman–Crippen LogP) is 4.13. The lowest BCUT2D eigenvalue weighted by Crippen LogP contribution is -2.24. The molecule has 0 saturated heterocycles. The fourth-order valence-electron chi connectivity index (χ4n) is 2.94. The molecule has 1 fully saturated rings. The lowest BCUT2D eigenvalue weighted by atomic mass is 9.90. The van der Waals surface area contributed by atoms with Gasteiger partial charge in [0.05, 0.1) is 0 Å². The number of hydrogen-bond donors (Lipinski definition) is 2. The number of hydrogen-bond acceptors (Lipinski definition) is 2. The molecule has 0 aliphatic heterocycles. The summed E-state index contributed by atoms with van der Waals surface area (Å²) in [5, 5.41) is 6.28. The van der Waals surface area contributed by atoms with E-state index in [1.54, 1.807) is 0 Å². The van der Waals surface area contributed by atoms with Gasteiger partial charge in [-0.25, -0.2) is 0 Å². The minimum absolute atomic E-state index is 0. The second-order valence-corrected chi connectivity index (χ2v) is 5.72. The van der Waals surface area contributed by atoms with E-state index in [1.807, 2.05) is 25.2 Å². The molecule has 0 unspecified atom stereocenters. The molecule has 2 N–H and O–H groups in total. The molecule has 1 aromatic rings. The van der Waals surface area contributed by atoms with Gasteiger partial charge in [-0.2, -0.15) is 0 Å². The molecule has 1 amide bonds. The molecule has 0 heterocycles. The highest BCUT2D eigenvalue weighted by Crippen LogP contribution is 2.24. The van der Waals surface area contributed by atoms with Crippen molar-refractivity contribution in [2.75, 3.05) is 12.4 Å². The fourth-order valence-corrected chi connectivity index (χ4v) is 2.94. The molecule has 3 nitrogen and oxygen atoms in total. The minimum Gasteiger partial charge on any atom is -0.326 e. The van der Waals surface area contributed by atoms with Crippen LogP contribution in [0.15, 0.2) is 24.3 Å². The Bertz CT molecular complexity index is 429. The van der Waals surface area contributed by atoms with Crippen LogP contribution in [0.1, 0.15) is 50.5 Å². The van der Waals surface area contributed by atoms with Gasteiger partial charge in [-0.15, -0.1) is 12.4 Å². The van der Waals surface area contributed by atoms with Crippen LogP contribution in [0.3, 0.4) is 0 Å². The summed E-state index contributed by atoms with van der Waals surface area (Å²) in [4.78, 5) is 12.5. The molecule has 0 atom stereocenters. The summed E-state index contributed by atoms with van der Waals surface area (Å²) in [6, 6.07) is 8.04. The van der Waals surface area contributed by atoms with Crippen LogP contribution in [-0.4, -0.2) is 13.0 Å². The topological polar surface area (TPSA) is 41.1 Å². The maximum absolute atomic E-state index is 12.5. The van der Waals surface area contributed by atoms with Crippen LogP contribution >= 0.6 is 12.4 Å². The average Bonchev–Trinajstić information content (AvgIpc) is 2.40. The molecule has 1 aliphatic carbocycles. The lowest BCUT2D eigenvalue weighted by molar-refractivity contribution is -0.120. The summed E-state index contributed by atoms with van der Waals surface area (Å²) in [5.74, 6) is 0.397. The van der Waals surface area contributed by atoms with Crippen molar-refractivity contribution in [2.45, 2.75) is 51.5 Å². The summed E-state index contributed by atoms with van der Waals surface area (Å²) >= 11 is 0. The first kappa shape index (κ1) is 18.0. The first-order valence-corrected chi connectivity index (χ1v) is 7.84. The maximum Gasteiger partial charge on any atom is 0.227 e. The van der Waals surface area contributed by atoms with Crippen molar-refractivity contribution in [3.63, 3.8) is 0 Å². The number of rotatable bonds is 4. The van der Waals surface area contributed by atoms with E-state index in [0.29, 0.717) is 0 Å². The van der Waals surface area contributed by atoms with Gasteiger partial charge < -0.3 is 10.6 Å². The molecule has 0 radical (unpaired) electrons. The van der Waals surface area contributed by atoms with Crippen LogP contribution in [0, 0.1) is 5.92 Å². The Balaban J connectivity index is 0.00000220. The summed E-state index contributed by atoms with van der Waals surface area (Å²) in [7, 11) is 1.92. The van der Waals surface area contributed by atoms with Crippen LogP contribution in [0.5, 0.6) is 0 Å². The Morgan fingerprint density at radius 1 is 1.10 bits per heavy atom. The lowest BCUT2D eigenvalue weighted by Gasteiger charge is -2.20. The van der Waals surface area contributed by atoms with E-state index in [-0.39, 0.29) is 24.2 Å². The Kier molecular flexibility index (Phi) is 8.40. The number of amides is 1. The molecule has 0 spiro atoms. The second-order valence-electron chi connectivity index (χ2n) is 5.72. The first-order valence-electron chi connectivity index (χ1n) is 7.84. The van der Waals surface area contributed by atoms with Crippen molar-refractivity contribution in [1.29, 1.82) is 0 Å². The van der Waals surface area contributed by atoms with E-state index in [2.05, 4.69) is 16.7 Å². The third kappa shape index (κ3) is 5.68. The molecule has 1 aliphatic rings. The van der Waals surface area contributed by atoms with E-state index < -0.39 is 0 Å². The number of halogens is 1. The third-order valence-electron chi connectivity index (χ3n) is 4.12. The largest absolute Gasteiger partial charge is 0.326 e. The van der Waals surface area contributed by atoms with E-state index in [0.717, 1.165) is 30.6 Å². The van der Waals surface area contributed by atoms with Gasteiger partial charge in [0, 0.05) is 18.2 Å². The molecular weight excluding hydrogens is 284 g/mol. The highest BCUT2D eigenvalue weighted by Gasteiger charge is 2.19. The fraction of sp³-hybridized carbons (Fsp3) is 0.588. The molecule has 0 bridgehead atoms. The molecule has 1 aromatic carbocycles. The molecule has 1 saturated carbocycles. The molecule has 2 rings (SSSR count). The number of carbonyl (C=O) groups excluding carboxylic acids is 1. The number of para-hydroxylation sites is 1. The van der Waals surface area contributed by atoms with Gasteiger partial charge in [0.1, 0.15) is 0 Å². The predicted molar refractivity (Wildman–Crippen MR) is 90.9 cm³/mol. The van der Waals surface area contributed by atoms with Crippen LogP contribution in [0.25, 0.3) is 0 Å². The van der Waals surface area contributed by atoms with Gasteiger partial charge in [-0.3, -0.25) is 4.79 Å². The Hall–Kier alpha value is -1.06. The van der Waals surface area contributed by atoms with Crippen LogP contribution in [-0.2, 0) is 11.3 Å². The Morgan fingerprint density at radius 2 is 1.71 bits per heavy atom. The molecule has 21 heavy (non-hydrogen) atoms. The van der Waals surface area contributed by atoms with Crippen LogP contribution in [0.2, 0.25) is 0 Å². The zero-order valence-corrected chi connectivity index (χ0v) is 13.7. The SMILES string of the molecule is CNCc1ccccc1NC(=O)C1CCCCCCC1.Cl. The molecule has 4 heteroatoms. The molecule has 118 valence electrons. The van der Waals surface area contributed by atoms with E-state index in [9.17, 15) is 4.79 Å². The van der Waals surface area contributed by atoms with Crippen LogP contribution in [0.4, 0.5) is 5.69 Å². The quantitative estimate of drug-likeness (QED) is 0.878. The summed E-state index contributed by atoms with van der Waals surface area (Å²) in [6.07, 6.45) is 8.35. The van der Waals surface area contributed by atoms with Gasteiger partial charge in [0.25, 0.3) is 0 Å². The minimum atomic E-state index is 0. The van der Waals surface area contributed by atoms with Crippen molar-refractivity contribution >= 4 is 24.0 Å². The average molecular weight is 311 g/mol. The maximum atomic E-state index is 12.5. The standard InChI is InChI=1S/C17H26N2O.ClH/c1-18-13-15-11-7-8-12-16(15)19-17(20)14-9-5-3-2-4-6-10-14;/h7-8,11-12,14,18H,2-6,9-10,13H2,1H3,(H,19,20);1H. The molecule has 0 aromatic heterocycles. The summed E-state index contributed by atoms with van der Waals surface area (Å²) < 4.78 is 0. The monoisotopic (exact) mass is 310 g/mol. The van der Waals surface area contributed by atoms with E-state index >= 15 is 0 Å². The summed E-state index contributed by atoms with van der Waals surface area (Å²) in [5.41, 5.74) is 2.10. The van der Waals surface area contributed by atoms with Crippen molar-refractivity contribution in [3.8, 4) is 0 Å². The van der Waals surface area contributed by atoms with Gasteiger partial charge in [0.15, 0.2) is 0 Å².